The second-order valence-electron chi connectivity index (χ2n) is 8.09. The van der Waals surface area contributed by atoms with Gasteiger partial charge in [-0.15, -0.1) is 0 Å². The van der Waals surface area contributed by atoms with E-state index in [4.69, 9.17) is 4.99 Å². The Bertz CT molecular complexity index is 938. The fourth-order valence-electron chi connectivity index (χ4n) is 3.80. The van der Waals surface area contributed by atoms with Crippen LogP contribution in [0.25, 0.3) is 0 Å². The highest BCUT2D eigenvalue weighted by Crippen LogP contribution is 2.41. The van der Waals surface area contributed by atoms with E-state index in [1.165, 1.54) is 28.9 Å². The second kappa shape index (κ2) is 11.5. The van der Waals surface area contributed by atoms with Gasteiger partial charge < -0.3 is 10.2 Å². The Balaban J connectivity index is 1.67. The molecule has 0 bridgehead atoms. The zero-order chi connectivity index (χ0) is 22.2. The summed E-state index contributed by atoms with van der Waals surface area (Å²) in [7, 11) is 0. The van der Waals surface area contributed by atoms with Gasteiger partial charge in [0.2, 0.25) is 0 Å². The van der Waals surface area contributed by atoms with Gasteiger partial charge in [0.25, 0.3) is 5.91 Å². The third-order valence-electron chi connectivity index (χ3n) is 5.69. The first-order valence-electron chi connectivity index (χ1n) is 11.6. The van der Waals surface area contributed by atoms with Crippen LogP contribution in [0.4, 0.5) is 5.69 Å². The van der Waals surface area contributed by atoms with Crippen molar-refractivity contribution in [2.75, 3.05) is 26.2 Å². The lowest BCUT2D eigenvalue weighted by molar-refractivity contribution is 0.0951. The van der Waals surface area contributed by atoms with Crippen LogP contribution in [-0.2, 0) is 0 Å². The van der Waals surface area contributed by atoms with Gasteiger partial charge >= 0.3 is 0 Å². The minimum Gasteiger partial charge on any atom is -0.352 e. The molecule has 0 radical (unpaired) electrons. The smallest absolute Gasteiger partial charge is 0.251 e. The molecule has 0 aromatic heterocycles. The summed E-state index contributed by atoms with van der Waals surface area (Å²) in [6, 6.07) is 12.4. The monoisotopic (exact) mass is 437 g/mol. The van der Waals surface area contributed by atoms with Gasteiger partial charge in [-0.25, -0.2) is 0 Å². The first-order valence-corrected chi connectivity index (χ1v) is 12.4. The first-order chi connectivity index (χ1) is 15.0. The van der Waals surface area contributed by atoms with Crippen LogP contribution >= 0.6 is 11.8 Å². The molecule has 0 unspecified atom stereocenters. The normalized spacial score (nSPS) is 12.7. The molecule has 3 rings (SSSR count). The predicted octanol–water partition coefficient (Wildman–Crippen LogP) is 6.23. The number of rotatable bonds is 10. The van der Waals surface area contributed by atoms with Crippen molar-refractivity contribution in [3.63, 3.8) is 0 Å². The van der Waals surface area contributed by atoms with Crippen molar-refractivity contribution in [3.05, 3.63) is 53.1 Å². The molecule has 0 aliphatic carbocycles. The van der Waals surface area contributed by atoms with E-state index in [-0.39, 0.29) is 5.91 Å². The highest BCUT2D eigenvalue weighted by atomic mass is 32.2. The van der Waals surface area contributed by atoms with Gasteiger partial charge in [0.15, 0.2) is 0 Å². The molecule has 31 heavy (non-hydrogen) atoms. The van der Waals surface area contributed by atoms with Crippen LogP contribution in [-0.4, -0.2) is 42.7 Å². The Morgan fingerprint density at radius 3 is 2.55 bits per heavy atom. The maximum atomic E-state index is 12.7. The summed E-state index contributed by atoms with van der Waals surface area (Å²) in [4.78, 5) is 22.5. The Labute approximate surface area is 191 Å². The van der Waals surface area contributed by atoms with Gasteiger partial charge in [0.1, 0.15) is 0 Å². The van der Waals surface area contributed by atoms with Crippen LogP contribution < -0.4 is 5.32 Å². The van der Waals surface area contributed by atoms with Crippen LogP contribution in [0.15, 0.2) is 51.2 Å². The molecule has 0 saturated carbocycles. The number of fused-ring (bicyclic) bond motifs is 2. The molecule has 1 aliphatic heterocycles. The van der Waals surface area contributed by atoms with E-state index < -0.39 is 0 Å². The molecule has 0 fully saturated rings. The molecule has 5 heteroatoms. The van der Waals surface area contributed by atoms with Crippen molar-refractivity contribution in [1.29, 1.82) is 0 Å². The first kappa shape index (κ1) is 23.6. The van der Waals surface area contributed by atoms with Gasteiger partial charge in [0.05, 0.1) is 5.69 Å². The third-order valence-corrected chi connectivity index (χ3v) is 6.83. The van der Waals surface area contributed by atoms with Crippen LogP contribution in [0.2, 0.25) is 0 Å². The number of nitrogens with zero attached hydrogens (tertiary/aromatic N) is 2. The van der Waals surface area contributed by atoms with E-state index in [9.17, 15) is 4.79 Å². The Hall–Kier alpha value is -2.11. The molecule has 1 amide bonds. The van der Waals surface area contributed by atoms with Crippen molar-refractivity contribution in [1.82, 2.24) is 10.2 Å². The van der Waals surface area contributed by atoms with Gasteiger partial charge in [0, 0.05) is 33.2 Å². The minimum absolute atomic E-state index is 0.0183. The molecule has 1 heterocycles. The summed E-state index contributed by atoms with van der Waals surface area (Å²) in [6.45, 7) is 12.6. The van der Waals surface area contributed by atoms with Crippen molar-refractivity contribution >= 4 is 29.1 Å². The molecule has 0 spiro atoms. The highest BCUT2D eigenvalue weighted by molar-refractivity contribution is 7.99. The zero-order valence-corrected chi connectivity index (χ0v) is 20.1. The van der Waals surface area contributed by atoms with E-state index in [2.05, 4.69) is 56.1 Å². The summed E-state index contributed by atoms with van der Waals surface area (Å²) in [5.74, 6) is -0.0183. The Kier molecular flexibility index (Phi) is 8.73. The molecule has 2 aromatic rings. The van der Waals surface area contributed by atoms with Gasteiger partial charge in [-0.1, -0.05) is 50.6 Å². The largest absolute Gasteiger partial charge is 0.352 e. The average molecular weight is 438 g/mol. The summed E-state index contributed by atoms with van der Waals surface area (Å²) >= 11 is 1.73. The molecule has 4 nitrogen and oxygen atoms in total. The minimum atomic E-state index is -0.0183. The van der Waals surface area contributed by atoms with E-state index in [1.807, 2.05) is 18.2 Å². The van der Waals surface area contributed by atoms with E-state index >= 15 is 0 Å². The third kappa shape index (κ3) is 6.20. The van der Waals surface area contributed by atoms with Crippen molar-refractivity contribution in [2.24, 2.45) is 4.99 Å². The van der Waals surface area contributed by atoms with Gasteiger partial charge in [-0.05, 0) is 76.2 Å². The number of nitrogens with one attached hydrogen (secondary N) is 1. The number of hydrogen-bond donors (Lipinski definition) is 1. The Morgan fingerprint density at radius 1 is 1.03 bits per heavy atom. The van der Waals surface area contributed by atoms with Crippen molar-refractivity contribution < 1.29 is 4.79 Å². The van der Waals surface area contributed by atoms with Gasteiger partial charge in [-0.2, -0.15) is 0 Å². The topological polar surface area (TPSA) is 44.7 Å². The standard InChI is InChI=1S/C26H35N3OS/c1-5-8-15-29(7-3)16-9-14-27-26(30)20-11-13-25-23(18-20)28-22(6-2)21-17-19(4)10-12-24(21)31-25/h10-13,17-18H,5-9,14-16H2,1-4H3,(H,27,30). The molecule has 0 atom stereocenters. The van der Waals surface area contributed by atoms with Crippen LogP contribution in [0, 0.1) is 6.92 Å². The molecule has 1 N–H and O–H groups in total. The Morgan fingerprint density at radius 2 is 1.81 bits per heavy atom. The SMILES string of the molecule is CCCCN(CC)CCCNC(=O)c1ccc2c(c1)N=C(CC)c1cc(C)ccc1S2. The summed E-state index contributed by atoms with van der Waals surface area (Å²) < 4.78 is 0. The highest BCUT2D eigenvalue weighted by Gasteiger charge is 2.18. The predicted molar refractivity (Wildman–Crippen MR) is 132 cm³/mol. The lowest BCUT2D eigenvalue weighted by Gasteiger charge is -2.19. The fraction of sp³-hybridized carbons (Fsp3) is 0.462. The van der Waals surface area contributed by atoms with Crippen molar-refractivity contribution in [3.8, 4) is 0 Å². The van der Waals surface area contributed by atoms with Crippen LogP contribution in [0.1, 0.15) is 67.9 Å². The fourth-order valence-corrected chi connectivity index (χ4v) is 4.81. The number of unbranched alkanes of at least 4 members (excludes halogenated alkanes) is 1. The maximum absolute atomic E-state index is 12.7. The summed E-state index contributed by atoms with van der Waals surface area (Å²) in [5, 5.41) is 3.09. The number of hydrogen-bond acceptors (Lipinski definition) is 4. The molecule has 2 aromatic carbocycles. The number of amides is 1. The van der Waals surface area contributed by atoms with Crippen molar-refractivity contribution in [2.45, 2.75) is 63.2 Å². The van der Waals surface area contributed by atoms with Gasteiger partial charge in [-0.3, -0.25) is 9.79 Å². The zero-order valence-electron chi connectivity index (χ0n) is 19.3. The number of aryl methyl sites for hydroxylation is 1. The number of benzene rings is 2. The van der Waals surface area contributed by atoms with E-state index in [1.54, 1.807) is 11.8 Å². The summed E-state index contributed by atoms with van der Waals surface area (Å²) in [6.07, 6.45) is 4.28. The number of carbonyl (C=O) groups is 1. The quantitative estimate of drug-likeness (QED) is 0.448. The average Bonchev–Trinajstić information content (AvgIpc) is 2.94. The molecule has 0 saturated heterocycles. The van der Waals surface area contributed by atoms with E-state index in [0.717, 1.165) is 48.8 Å². The van der Waals surface area contributed by atoms with Crippen LogP contribution in [0.5, 0.6) is 0 Å². The molecular weight excluding hydrogens is 402 g/mol. The second-order valence-corrected chi connectivity index (χ2v) is 9.18. The maximum Gasteiger partial charge on any atom is 0.251 e. The molecule has 166 valence electrons. The molecular formula is C26H35N3OS. The lowest BCUT2D eigenvalue weighted by Crippen LogP contribution is -2.30. The number of aliphatic imine (C=N–C) groups is 1. The summed E-state index contributed by atoms with van der Waals surface area (Å²) in [5.41, 5.74) is 5.09. The van der Waals surface area contributed by atoms with E-state index in [0.29, 0.717) is 12.1 Å². The lowest BCUT2D eigenvalue weighted by atomic mass is 10.0. The molecule has 1 aliphatic rings. The number of carbonyl (C=O) groups excluding carboxylic acids is 1. The van der Waals surface area contributed by atoms with Crippen LogP contribution in [0.3, 0.4) is 0 Å².